The molecule has 2 aromatic carbocycles. The summed E-state index contributed by atoms with van der Waals surface area (Å²) in [6, 6.07) is 13.6. The van der Waals surface area contributed by atoms with Crippen molar-refractivity contribution in [3.63, 3.8) is 0 Å². The lowest BCUT2D eigenvalue weighted by Crippen LogP contribution is -2.20. The topological polar surface area (TPSA) is 47.3 Å². The molecule has 0 fully saturated rings. The number of nitrogens with one attached hydrogen (secondary N) is 1. The van der Waals surface area contributed by atoms with Crippen LogP contribution in [0.15, 0.2) is 46.9 Å². The van der Waals surface area contributed by atoms with E-state index in [4.69, 9.17) is 22.1 Å². The first-order valence-electron chi connectivity index (χ1n) is 6.19. The maximum atomic E-state index is 6.09. The molecule has 0 aliphatic heterocycles. The largest absolute Gasteiger partial charge is 0.497 e. The Balaban J connectivity index is 2.16. The minimum Gasteiger partial charge on any atom is -0.497 e. The number of hydrogen-bond acceptors (Lipinski definition) is 3. The van der Waals surface area contributed by atoms with E-state index in [1.54, 1.807) is 7.11 Å². The molecular weight excluding hydrogens is 340 g/mol. The molecule has 0 heterocycles. The molecule has 0 amide bonds. The van der Waals surface area contributed by atoms with Gasteiger partial charge in [-0.1, -0.05) is 23.7 Å². The quantitative estimate of drug-likeness (QED) is 0.844. The minimum atomic E-state index is 0.0261. The van der Waals surface area contributed by atoms with Crippen LogP contribution >= 0.6 is 27.5 Å². The van der Waals surface area contributed by atoms with Crippen molar-refractivity contribution in [3.05, 3.63) is 57.5 Å². The van der Waals surface area contributed by atoms with E-state index in [2.05, 4.69) is 21.2 Å². The molecule has 0 radical (unpaired) electrons. The van der Waals surface area contributed by atoms with Crippen LogP contribution in [0.3, 0.4) is 0 Å². The first-order chi connectivity index (χ1) is 9.63. The Morgan fingerprint density at radius 2 is 1.95 bits per heavy atom. The van der Waals surface area contributed by atoms with Crippen LogP contribution in [0.25, 0.3) is 0 Å². The molecule has 1 unspecified atom stereocenters. The molecular formula is C15H16BrClN2O. The first kappa shape index (κ1) is 15.2. The van der Waals surface area contributed by atoms with Crippen LogP contribution in [0.5, 0.6) is 5.75 Å². The van der Waals surface area contributed by atoms with Crippen molar-refractivity contribution in [2.45, 2.75) is 6.04 Å². The van der Waals surface area contributed by atoms with Gasteiger partial charge in [0.15, 0.2) is 0 Å². The molecule has 2 rings (SSSR count). The smallest absolute Gasteiger partial charge is 0.118 e. The molecule has 20 heavy (non-hydrogen) atoms. The van der Waals surface area contributed by atoms with Gasteiger partial charge in [0.1, 0.15) is 5.75 Å². The Bertz CT molecular complexity index is 575. The monoisotopic (exact) mass is 354 g/mol. The van der Waals surface area contributed by atoms with E-state index in [0.29, 0.717) is 11.6 Å². The molecule has 0 aromatic heterocycles. The second-order valence-corrected chi connectivity index (χ2v) is 5.60. The van der Waals surface area contributed by atoms with E-state index in [-0.39, 0.29) is 6.04 Å². The van der Waals surface area contributed by atoms with Crippen LogP contribution in [0.1, 0.15) is 11.6 Å². The highest BCUT2D eigenvalue weighted by atomic mass is 79.9. The van der Waals surface area contributed by atoms with Gasteiger partial charge in [0, 0.05) is 16.7 Å². The number of anilines is 1. The minimum absolute atomic E-state index is 0.0261. The van der Waals surface area contributed by atoms with Crippen LogP contribution in [-0.2, 0) is 0 Å². The maximum Gasteiger partial charge on any atom is 0.118 e. The highest BCUT2D eigenvalue weighted by Crippen LogP contribution is 2.28. The number of halogens is 2. The van der Waals surface area contributed by atoms with E-state index in [1.165, 1.54) is 0 Å². The molecule has 0 bridgehead atoms. The molecule has 106 valence electrons. The first-order valence-corrected chi connectivity index (χ1v) is 7.36. The Labute approximate surface area is 132 Å². The molecule has 0 aliphatic rings. The molecule has 0 saturated carbocycles. The van der Waals surface area contributed by atoms with Gasteiger partial charge in [-0.05, 0) is 51.8 Å². The fourth-order valence-corrected chi connectivity index (χ4v) is 2.33. The third-order valence-corrected chi connectivity index (χ3v) is 4.25. The molecule has 5 heteroatoms. The zero-order valence-corrected chi connectivity index (χ0v) is 13.4. The van der Waals surface area contributed by atoms with Crippen LogP contribution in [0.4, 0.5) is 5.69 Å². The summed E-state index contributed by atoms with van der Waals surface area (Å²) < 4.78 is 6.03. The van der Waals surface area contributed by atoms with E-state index < -0.39 is 0 Å². The standard InChI is InChI=1S/C15H16BrClN2O/c1-20-12-5-2-10(3-6-12)15(9-18)19-11-4-7-13(16)14(17)8-11/h2-8,15,19H,9,18H2,1H3. The van der Waals surface area contributed by atoms with Gasteiger partial charge in [-0.3, -0.25) is 0 Å². The van der Waals surface area contributed by atoms with Gasteiger partial charge in [0.05, 0.1) is 18.2 Å². The number of benzene rings is 2. The van der Waals surface area contributed by atoms with Gasteiger partial charge < -0.3 is 15.8 Å². The van der Waals surface area contributed by atoms with Crippen molar-refractivity contribution in [1.82, 2.24) is 0 Å². The molecule has 3 N–H and O–H groups in total. The van der Waals surface area contributed by atoms with Gasteiger partial charge >= 0.3 is 0 Å². The van der Waals surface area contributed by atoms with Crippen molar-refractivity contribution in [2.75, 3.05) is 19.0 Å². The third-order valence-electron chi connectivity index (χ3n) is 3.01. The van der Waals surface area contributed by atoms with Crippen molar-refractivity contribution in [1.29, 1.82) is 0 Å². The summed E-state index contributed by atoms with van der Waals surface area (Å²) in [6.45, 7) is 0.486. The van der Waals surface area contributed by atoms with Crippen molar-refractivity contribution >= 4 is 33.2 Å². The van der Waals surface area contributed by atoms with Crippen LogP contribution in [0, 0.1) is 0 Å². The Hall–Kier alpha value is -1.23. The second kappa shape index (κ2) is 6.97. The molecule has 0 spiro atoms. The predicted molar refractivity (Wildman–Crippen MR) is 87.6 cm³/mol. The number of nitrogens with two attached hydrogens (primary N) is 1. The summed E-state index contributed by atoms with van der Waals surface area (Å²) in [5.41, 5.74) is 7.89. The fourth-order valence-electron chi connectivity index (χ4n) is 1.90. The van der Waals surface area contributed by atoms with Gasteiger partial charge in [-0.15, -0.1) is 0 Å². The summed E-state index contributed by atoms with van der Waals surface area (Å²) in [7, 11) is 1.65. The lowest BCUT2D eigenvalue weighted by Gasteiger charge is -2.19. The maximum absolute atomic E-state index is 6.09. The normalized spacial score (nSPS) is 12.0. The average molecular weight is 356 g/mol. The summed E-state index contributed by atoms with van der Waals surface area (Å²) in [5.74, 6) is 0.830. The lowest BCUT2D eigenvalue weighted by molar-refractivity contribution is 0.414. The lowest BCUT2D eigenvalue weighted by atomic mass is 10.1. The average Bonchev–Trinajstić information content (AvgIpc) is 2.48. The number of methoxy groups -OCH3 is 1. The number of rotatable bonds is 5. The van der Waals surface area contributed by atoms with E-state index >= 15 is 0 Å². The van der Waals surface area contributed by atoms with Gasteiger partial charge in [0.2, 0.25) is 0 Å². The Morgan fingerprint density at radius 1 is 1.25 bits per heavy atom. The Morgan fingerprint density at radius 3 is 2.50 bits per heavy atom. The second-order valence-electron chi connectivity index (χ2n) is 4.33. The summed E-state index contributed by atoms with van der Waals surface area (Å²) >= 11 is 9.47. The zero-order valence-electron chi connectivity index (χ0n) is 11.1. The SMILES string of the molecule is COc1ccc(C(CN)Nc2ccc(Br)c(Cl)c2)cc1. The Kier molecular flexibility index (Phi) is 5.29. The number of ether oxygens (including phenoxy) is 1. The highest BCUT2D eigenvalue weighted by molar-refractivity contribution is 9.10. The van der Waals surface area contributed by atoms with Gasteiger partial charge in [0.25, 0.3) is 0 Å². The van der Waals surface area contributed by atoms with E-state index in [0.717, 1.165) is 21.5 Å². The van der Waals surface area contributed by atoms with E-state index in [1.807, 2.05) is 42.5 Å². The van der Waals surface area contributed by atoms with Gasteiger partial charge in [-0.25, -0.2) is 0 Å². The molecule has 0 aliphatic carbocycles. The third kappa shape index (κ3) is 3.66. The predicted octanol–water partition coefficient (Wildman–Crippen LogP) is 4.22. The number of hydrogen-bond donors (Lipinski definition) is 2. The van der Waals surface area contributed by atoms with Crippen LogP contribution in [0.2, 0.25) is 5.02 Å². The molecule has 0 saturated heterocycles. The van der Waals surface area contributed by atoms with Crippen molar-refractivity contribution in [2.24, 2.45) is 5.73 Å². The summed E-state index contributed by atoms with van der Waals surface area (Å²) in [6.07, 6.45) is 0. The van der Waals surface area contributed by atoms with Crippen LogP contribution < -0.4 is 15.8 Å². The summed E-state index contributed by atoms with van der Waals surface area (Å²) in [5, 5.41) is 4.05. The van der Waals surface area contributed by atoms with Gasteiger partial charge in [-0.2, -0.15) is 0 Å². The summed E-state index contributed by atoms with van der Waals surface area (Å²) in [4.78, 5) is 0. The fraction of sp³-hybridized carbons (Fsp3) is 0.200. The molecule has 1 atom stereocenters. The molecule has 2 aromatic rings. The zero-order chi connectivity index (χ0) is 14.5. The molecule has 3 nitrogen and oxygen atoms in total. The van der Waals surface area contributed by atoms with Crippen molar-refractivity contribution < 1.29 is 4.74 Å². The van der Waals surface area contributed by atoms with E-state index in [9.17, 15) is 0 Å². The van der Waals surface area contributed by atoms with Crippen molar-refractivity contribution in [3.8, 4) is 5.75 Å². The highest BCUT2D eigenvalue weighted by Gasteiger charge is 2.10. The van der Waals surface area contributed by atoms with Crippen LogP contribution in [-0.4, -0.2) is 13.7 Å².